The molecule has 0 spiro atoms. The van der Waals surface area contributed by atoms with E-state index in [0.717, 1.165) is 26.5 Å². The summed E-state index contributed by atoms with van der Waals surface area (Å²) in [4.78, 5) is 185. The SMILES string of the molecule is CC(C)[C@H](NC(=O)[C@@H]1CSSC[C@@H](NC(=O)[C@H](CC(=O)O)NC(=O)[C@H]2CCCN2C(=O)[C@@H](NC(=O)[C@@H](N)CCC(=O)O)[C@@H](C)O)C(=O)N[C@H](Cc2ccccc2)C(=O)N[C@@H](Cc2c[nH]c3ccccc23)C(=O)N[C@H](CCCCN)C(=O)N[C@@H](Cc2ccc(O)cc2)C(=O)N1)C(=O)O. The highest BCUT2D eigenvalue weighted by molar-refractivity contribution is 8.76. The van der Waals surface area contributed by atoms with Crippen molar-refractivity contribution in [3.05, 3.63) is 102 Å². The summed E-state index contributed by atoms with van der Waals surface area (Å²) in [5.41, 5.74) is 13.9. The van der Waals surface area contributed by atoms with Crippen molar-refractivity contribution in [3.63, 3.8) is 0 Å². The summed E-state index contributed by atoms with van der Waals surface area (Å²) in [5, 5.41) is 74.1. The van der Waals surface area contributed by atoms with Crippen LogP contribution in [0.5, 0.6) is 5.75 Å². The fraction of sp³-hybridized carbons (Fsp3) is 0.484. The molecule has 19 N–H and O–H groups in total. The zero-order valence-corrected chi connectivity index (χ0v) is 55.3. The maximum absolute atomic E-state index is 15.1. The number of aliphatic hydroxyl groups excluding tert-OH is 1. The van der Waals surface area contributed by atoms with Gasteiger partial charge in [-0.15, -0.1) is 0 Å². The highest BCUT2D eigenvalue weighted by Crippen LogP contribution is 2.26. The number of carbonyl (C=O) groups is 13. The Morgan fingerprint density at radius 1 is 0.649 bits per heavy atom. The van der Waals surface area contributed by atoms with Gasteiger partial charge in [-0.2, -0.15) is 0 Å². The Morgan fingerprint density at radius 3 is 1.86 bits per heavy atom. The Hall–Kier alpha value is -9.31. The van der Waals surface area contributed by atoms with E-state index >= 15 is 14.4 Å². The Bertz CT molecular complexity index is 3450. The van der Waals surface area contributed by atoms with E-state index in [-0.39, 0.29) is 70.2 Å². The summed E-state index contributed by atoms with van der Waals surface area (Å²) < 4.78 is 0. The number of carbonyl (C=O) groups excluding carboxylic acids is 10. The Labute approximate surface area is 566 Å². The zero-order chi connectivity index (χ0) is 71.0. The minimum absolute atomic E-state index is 0.0443. The number of nitrogens with two attached hydrogens (primary N) is 2. The van der Waals surface area contributed by atoms with E-state index in [0.29, 0.717) is 34.0 Å². The second kappa shape index (κ2) is 37.3. The van der Waals surface area contributed by atoms with Gasteiger partial charge in [0.1, 0.15) is 66.2 Å². The minimum Gasteiger partial charge on any atom is -0.508 e. The molecule has 0 saturated carbocycles. The molecule has 4 aromatic rings. The lowest BCUT2D eigenvalue weighted by Crippen LogP contribution is -2.62. The molecule has 0 aliphatic carbocycles. The fourth-order valence-corrected chi connectivity index (χ4v) is 13.1. The van der Waals surface area contributed by atoms with E-state index in [1.165, 1.54) is 45.0 Å². The number of aromatic nitrogens is 1. The van der Waals surface area contributed by atoms with E-state index in [1.807, 2.05) is 0 Å². The molecule has 526 valence electrons. The first-order valence-corrected chi connectivity index (χ1v) is 34.1. The van der Waals surface area contributed by atoms with Gasteiger partial charge in [-0.25, -0.2) is 4.79 Å². The number of hydrogen-bond acceptors (Lipinski definition) is 19. The summed E-state index contributed by atoms with van der Waals surface area (Å²) in [5.74, 6) is -16.0. The number of aromatic amines is 1. The number of nitrogens with one attached hydrogen (secondary N) is 10. The fourth-order valence-electron chi connectivity index (χ4n) is 10.8. The molecule has 33 heteroatoms. The number of carboxylic acid groups (broad SMARTS) is 3. The third-order valence-corrected chi connectivity index (χ3v) is 18.6. The number of aliphatic hydroxyl groups is 1. The van der Waals surface area contributed by atoms with Gasteiger partial charge in [-0.3, -0.25) is 57.5 Å². The maximum atomic E-state index is 15.1. The van der Waals surface area contributed by atoms with Crippen LogP contribution in [0.15, 0.2) is 85.1 Å². The summed E-state index contributed by atoms with van der Waals surface area (Å²) >= 11 is 0. The quantitative estimate of drug-likeness (QED) is 0.0240. The molecule has 2 aliphatic heterocycles. The van der Waals surface area contributed by atoms with Gasteiger partial charge in [0, 0.05) is 60.8 Å². The number of carboxylic acids is 3. The van der Waals surface area contributed by atoms with Crippen LogP contribution in [0.3, 0.4) is 0 Å². The largest absolute Gasteiger partial charge is 0.508 e. The van der Waals surface area contributed by atoms with Gasteiger partial charge in [0.2, 0.25) is 59.1 Å². The standard InChI is InChI=1S/C64H85N13O18S2/c1-33(2)52(64(94)95)75-61(91)48-32-97-96-31-47(73-59(89)46(29-51(82)83)72-62(92)49-17-11-25-77(49)63(93)53(34(3)78)76-54(84)40(66)22-23-50(80)81)60(90)70-43(26-35-12-5-4-6-13-35)56(86)71-45(28-37-30-67-41-15-8-7-14-39(37)41)58(88)68-42(16-9-10-24-65)55(85)69-44(57(87)74-48)27-36-18-20-38(79)21-19-36/h4-8,12-15,18-21,30,33-34,40,42-49,52-53,67,78-79H,9-11,16-17,22-29,31-32,65-66H2,1-3H3,(H,68,88)(H,69,85)(H,70,90)(H,71,86)(H,72,92)(H,73,89)(H,74,87)(H,75,91)(H,76,84)(H,80,81)(H,82,83)(H,94,95)/t34-,40+,42-,43-,44+,45+,46+,47-,48+,49-,52+,53+/m1/s1. The monoisotopic (exact) mass is 1390 g/mol. The van der Waals surface area contributed by atoms with E-state index in [9.17, 15) is 68.4 Å². The van der Waals surface area contributed by atoms with Crippen molar-refractivity contribution in [2.45, 2.75) is 164 Å². The van der Waals surface area contributed by atoms with Crippen LogP contribution in [0.4, 0.5) is 0 Å². The molecule has 0 unspecified atom stereocenters. The van der Waals surface area contributed by atoms with Crippen LogP contribution in [0.25, 0.3) is 10.9 Å². The van der Waals surface area contributed by atoms with Gasteiger partial charge < -0.3 is 94.7 Å². The van der Waals surface area contributed by atoms with Crippen molar-refractivity contribution in [3.8, 4) is 5.75 Å². The smallest absolute Gasteiger partial charge is 0.326 e. The molecule has 6 rings (SSSR count). The first-order chi connectivity index (χ1) is 46.1. The molecule has 1 aromatic heterocycles. The highest BCUT2D eigenvalue weighted by Gasteiger charge is 2.42. The second-order valence-electron chi connectivity index (χ2n) is 24.0. The van der Waals surface area contributed by atoms with Crippen LogP contribution in [0.1, 0.15) is 88.8 Å². The predicted molar refractivity (Wildman–Crippen MR) is 355 cm³/mol. The number of aliphatic carboxylic acids is 3. The summed E-state index contributed by atoms with van der Waals surface area (Å²) in [6, 6.07) is 3.64. The molecule has 0 bridgehead atoms. The average molecular weight is 1390 g/mol. The number of hydrogen-bond donors (Lipinski definition) is 17. The highest BCUT2D eigenvalue weighted by atomic mass is 33.1. The van der Waals surface area contributed by atoms with Crippen LogP contribution in [0.2, 0.25) is 0 Å². The van der Waals surface area contributed by atoms with Crippen molar-refractivity contribution in [2.75, 3.05) is 24.6 Å². The number of benzene rings is 3. The van der Waals surface area contributed by atoms with Crippen LogP contribution in [-0.4, -0.2) is 210 Å². The number of rotatable bonds is 27. The number of amides is 10. The lowest BCUT2D eigenvalue weighted by molar-refractivity contribution is -0.145. The summed E-state index contributed by atoms with van der Waals surface area (Å²) in [7, 11) is 1.65. The minimum atomic E-state index is -2.00. The van der Waals surface area contributed by atoms with Crippen LogP contribution >= 0.6 is 21.6 Å². The van der Waals surface area contributed by atoms with Crippen molar-refractivity contribution < 1.29 is 87.9 Å². The summed E-state index contributed by atoms with van der Waals surface area (Å²) in [6.07, 6.45) is -1.85. The first kappa shape index (κ1) is 76.7. The molecule has 3 aromatic carbocycles. The van der Waals surface area contributed by atoms with Crippen molar-refractivity contribution in [2.24, 2.45) is 17.4 Å². The lowest BCUT2D eigenvalue weighted by atomic mass is 10.0. The number of phenols is 1. The normalized spacial score (nSPS) is 21.6. The number of phenolic OH excluding ortho intramolecular Hbond substituents is 1. The van der Waals surface area contributed by atoms with Crippen LogP contribution in [0, 0.1) is 5.92 Å². The van der Waals surface area contributed by atoms with E-state index < -0.39 is 180 Å². The third-order valence-electron chi connectivity index (χ3n) is 16.2. The van der Waals surface area contributed by atoms with Gasteiger partial charge in [0.05, 0.1) is 18.6 Å². The lowest BCUT2D eigenvalue weighted by Gasteiger charge is -2.31. The number of fused-ring (bicyclic) bond motifs is 1. The van der Waals surface area contributed by atoms with E-state index in [1.54, 1.807) is 60.8 Å². The van der Waals surface area contributed by atoms with Gasteiger partial charge in [0.15, 0.2) is 0 Å². The molecular formula is C64H85N13O18S2. The molecule has 97 heavy (non-hydrogen) atoms. The number of unbranched alkanes of at least 4 members (excludes halogenated alkanes) is 1. The van der Waals surface area contributed by atoms with Gasteiger partial charge in [-0.05, 0) is 92.8 Å². The summed E-state index contributed by atoms with van der Waals surface area (Å²) in [6.45, 7) is 4.32. The van der Waals surface area contributed by atoms with E-state index in [4.69, 9.17) is 16.6 Å². The zero-order valence-electron chi connectivity index (χ0n) is 53.7. The van der Waals surface area contributed by atoms with Crippen LogP contribution in [-0.2, 0) is 81.6 Å². The van der Waals surface area contributed by atoms with Gasteiger partial charge in [0.25, 0.3) is 0 Å². The average Bonchev–Trinajstić information content (AvgIpc) is 1.75. The third kappa shape index (κ3) is 23.2. The molecule has 10 amide bonds. The number of para-hydroxylation sites is 1. The van der Waals surface area contributed by atoms with Gasteiger partial charge in [-0.1, -0.05) is 96.1 Å². The predicted octanol–water partition coefficient (Wildman–Crippen LogP) is -1.43. The second-order valence-corrected chi connectivity index (χ2v) is 26.6. The molecule has 12 atom stereocenters. The Balaban J connectivity index is 1.41. The molecule has 2 saturated heterocycles. The Kier molecular flexibility index (Phi) is 29.5. The molecule has 3 heterocycles. The van der Waals surface area contributed by atoms with Gasteiger partial charge >= 0.3 is 17.9 Å². The topological polar surface area (TPSA) is 502 Å². The molecule has 2 aliphatic rings. The molecule has 2 fully saturated rings. The van der Waals surface area contributed by atoms with Crippen molar-refractivity contribution >= 4 is 109 Å². The van der Waals surface area contributed by atoms with Crippen molar-refractivity contribution in [1.29, 1.82) is 0 Å². The maximum Gasteiger partial charge on any atom is 0.326 e. The first-order valence-electron chi connectivity index (χ1n) is 31.6. The number of nitrogens with zero attached hydrogens (tertiary/aromatic N) is 1. The molecular weight excluding hydrogens is 1300 g/mol. The number of H-pyrrole nitrogens is 1. The number of aromatic hydroxyl groups is 1. The molecule has 0 radical (unpaired) electrons. The Morgan fingerprint density at radius 2 is 1.24 bits per heavy atom. The van der Waals surface area contributed by atoms with Crippen molar-refractivity contribution in [1.82, 2.24) is 57.7 Å². The van der Waals surface area contributed by atoms with Crippen LogP contribution < -0.4 is 59.3 Å². The molecule has 31 nitrogen and oxygen atoms in total. The van der Waals surface area contributed by atoms with E-state index in [2.05, 4.69) is 52.8 Å². The number of likely N-dealkylation sites (tertiary alicyclic amines) is 1.